The third-order valence-electron chi connectivity index (χ3n) is 7.33. The van der Waals surface area contributed by atoms with Gasteiger partial charge in [-0.15, -0.1) is 0 Å². The summed E-state index contributed by atoms with van der Waals surface area (Å²) in [6, 6.07) is 5.36. The van der Waals surface area contributed by atoms with E-state index in [0.717, 1.165) is 55.2 Å². The van der Waals surface area contributed by atoms with Gasteiger partial charge >= 0.3 is 5.97 Å². The van der Waals surface area contributed by atoms with Gasteiger partial charge in [0.2, 0.25) is 15.9 Å². The first-order valence-corrected chi connectivity index (χ1v) is 15.2. The van der Waals surface area contributed by atoms with Crippen LogP contribution in [0.4, 0.5) is 0 Å². The molecule has 1 aromatic rings. The van der Waals surface area contributed by atoms with Crippen molar-refractivity contribution in [2.45, 2.75) is 57.4 Å². The molecular weight excluding hydrogens is 496 g/mol. The molecule has 2 aliphatic rings. The number of amides is 1. The van der Waals surface area contributed by atoms with Gasteiger partial charge in [-0.25, -0.2) is 13.1 Å². The standard InChI is InChI=1S/C26H42N4O6S/c1-3-4-13-29(14-6-5-11-27)24(31)18-30-17-21(19-7-8-23-20(16-19)10-15-36-23)25(26(32)33)22(30)9-12-28-37(2,34)35/h7-8,16,21-22,25,28H,3-6,9-15,17-18,27H2,1-2H3,(H,32,33). The number of carbonyl (C=O) groups excluding carboxylic acids is 1. The Balaban J connectivity index is 1.84. The monoisotopic (exact) mass is 538 g/mol. The zero-order valence-electron chi connectivity index (χ0n) is 22.0. The predicted octanol–water partition coefficient (Wildman–Crippen LogP) is 1.40. The van der Waals surface area contributed by atoms with Gasteiger partial charge in [-0.1, -0.05) is 25.5 Å². The second kappa shape index (κ2) is 13.5. The minimum absolute atomic E-state index is 0.0290. The normalized spacial score (nSPS) is 21.5. The van der Waals surface area contributed by atoms with Crippen LogP contribution in [0.25, 0.3) is 0 Å². The Bertz CT molecular complexity index is 1030. The predicted molar refractivity (Wildman–Crippen MR) is 142 cm³/mol. The molecule has 3 rings (SSSR count). The summed E-state index contributed by atoms with van der Waals surface area (Å²) < 4.78 is 31.4. The van der Waals surface area contributed by atoms with E-state index in [9.17, 15) is 23.1 Å². The first-order valence-electron chi connectivity index (χ1n) is 13.3. The fraction of sp³-hybridized carbons (Fsp3) is 0.692. The molecule has 3 unspecified atom stereocenters. The average molecular weight is 539 g/mol. The first kappa shape index (κ1) is 29.3. The number of fused-ring (bicyclic) bond motifs is 1. The van der Waals surface area contributed by atoms with Crippen LogP contribution in [-0.4, -0.2) is 93.4 Å². The Morgan fingerprint density at radius 1 is 1.24 bits per heavy atom. The SMILES string of the molecule is CCCCN(CCCCN)C(=O)CN1CC(c2ccc3c(c2)CCO3)C(C(=O)O)C1CCNS(C)(=O)=O. The van der Waals surface area contributed by atoms with E-state index in [1.165, 1.54) is 0 Å². The van der Waals surface area contributed by atoms with Gasteiger partial charge < -0.3 is 20.5 Å². The second-order valence-electron chi connectivity index (χ2n) is 10.1. The molecule has 0 radical (unpaired) electrons. The fourth-order valence-electron chi connectivity index (χ4n) is 5.45. The van der Waals surface area contributed by atoms with Crippen molar-refractivity contribution in [1.82, 2.24) is 14.5 Å². The smallest absolute Gasteiger partial charge is 0.308 e. The lowest BCUT2D eigenvalue weighted by Crippen LogP contribution is -2.45. The van der Waals surface area contributed by atoms with Gasteiger partial charge in [0.1, 0.15) is 5.75 Å². The van der Waals surface area contributed by atoms with E-state index in [1.54, 1.807) is 0 Å². The molecule has 2 aliphatic heterocycles. The summed E-state index contributed by atoms with van der Waals surface area (Å²) >= 11 is 0. The lowest BCUT2D eigenvalue weighted by Gasteiger charge is -2.29. The molecule has 1 amide bonds. The van der Waals surface area contributed by atoms with Crippen molar-refractivity contribution >= 4 is 21.9 Å². The average Bonchev–Trinajstić information content (AvgIpc) is 3.44. The van der Waals surface area contributed by atoms with Gasteiger partial charge in [-0.3, -0.25) is 14.5 Å². The van der Waals surface area contributed by atoms with Crippen LogP contribution in [0.1, 0.15) is 56.1 Å². The highest BCUT2D eigenvalue weighted by molar-refractivity contribution is 7.88. The Hall–Kier alpha value is -2.21. The number of ether oxygens (including phenoxy) is 1. The molecule has 4 N–H and O–H groups in total. The quantitative estimate of drug-likeness (QED) is 0.285. The van der Waals surface area contributed by atoms with Crippen molar-refractivity contribution < 1.29 is 27.9 Å². The van der Waals surface area contributed by atoms with Gasteiger partial charge in [-0.2, -0.15) is 0 Å². The topological polar surface area (TPSA) is 142 Å². The summed E-state index contributed by atoms with van der Waals surface area (Å²) in [7, 11) is -3.42. The highest BCUT2D eigenvalue weighted by Crippen LogP contribution is 2.41. The van der Waals surface area contributed by atoms with Gasteiger partial charge in [-0.05, 0) is 49.4 Å². The van der Waals surface area contributed by atoms with Crippen LogP contribution in [0, 0.1) is 5.92 Å². The maximum absolute atomic E-state index is 13.4. The minimum Gasteiger partial charge on any atom is -0.493 e. The van der Waals surface area contributed by atoms with Gasteiger partial charge in [0.25, 0.3) is 0 Å². The van der Waals surface area contributed by atoms with Crippen LogP contribution in [-0.2, 0) is 26.0 Å². The molecule has 0 aliphatic carbocycles. The largest absolute Gasteiger partial charge is 0.493 e. The number of hydrogen-bond acceptors (Lipinski definition) is 7. The number of rotatable bonds is 15. The molecule has 11 heteroatoms. The zero-order valence-corrected chi connectivity index (χ0v) is 22.8. The summed E-state index contributed by atoms with van der Waals surface area (Å²) in [4.78, 5) is 29.8. The molecule has 1 fully saturated rings. The van der Waals surface area contributed by atoms with E-state index in [2.05, 4.69) is 11.6 Å². The molecule has 1 aromatic carbocycles. The number of sulfonamides is 1. The summed E-state index contributed by atoms with van der Waals surface area (Å²) in [5.41, 5.74) is 7.62. The lowest BCUT2D eigenvalue weighted by atomic mass is 9.83. The first-order chi connectivity index (χ1) is 17.6. The number of nitrogens with zero attached hydrogens (tertiary/aromatic N) is 2. The summed E-state index contributed by atoms with van der Waals surface area (Å²) in [6.45, 7) is 5.18. The number of nitrogens with two attached hydrogens (primary N) is 1. The molecule has 1 saturated heterocycles. The van der Waals surface area contributed by atoms with E-state index in [-0.39, 0.29) is 24.9 Å². The summed E-state index contributed by atoms with van der Waals surface area (Å²) in [5, 5.41) is 10.3. The van der Waals surface area contributed by atoms with Crippen LogP contribution in [0.2, 0.25) is 0 Å². The Labute approximate surface area is 220 Å². The molecule has 3 atom stereocenters. The molecule has 208 valence electrons. The second-order valence-corrected chi connectivity index (χ2v) is 12.0. The van der Waals surface area contributed by atoms with E-state index in [4.69, 9.17) is 10.5 Å². The van der Waals surface area contributed by atoms with Crippen LogP contribution in [0.15, 0.2) is 18.2 Å². The number of carboxylic acid groups (broad SMARTS) is 1. The maximum atomic E-state index is 13.4. The van der Waals surface area contributed by atoms with E-state index in [0.29, 0.717) is 39.2 Å². The summed E-state index contributed by atoms with van der Waals surface area (Å²) in [5.74, 6) is -1.22. The number of nitrogens with one attached hydrogen (secondary N) is 1. The molecule has 2 heterocycles. The molecule has 0 spiro atoms. The fourth-order valence-corrected chi connectivity index (χ4v) is 5.94. The van der Waals surface area contributed by atoms with E-state index >= 15 is 0 Å². The van der Waals surface area contributed by atoms with Gasteiger partial charge in [0.15, 0.2) is 0 Å². The zero-order chi connectivity index (χ0) is 27.0. The van der Waals surface area contributed by atoms with Crippen molar-refractivity contribution in [1.29, 1.82) is 0 Å². The number of aliphatic carboxylic acids is 1. The Morgan fingerprint density at radius 2 is 2.00 bits per heavy atom. The molecule has 0 aromatic heterocycles. The number of hydrogen-bond donors (Lipinski definition) is 3. The van der Waals surface area contributed by atoms with Gasteiger partial charge in [0.05, 0.1) is 25.3 Å². The van der Waals surface area contributed by atoms with Crippen LogP contribution < -0.4 is 15.2 Å². The Kier molecular flexibility index (Phi) is 10.7. The number of unbranched alkanes of at least 4 members (excludes halogenated alkanes) is 2. The number of benzene rings is 1. The molecular formula is C26H42N4O6S. The van der Waals surface area contributed by atoms with Crippen molar-refractivity contribution in [3.63, 3.8) is 0 Å². The van der Waals surface area contributed by atoms with Crippen molar-refractivity contribution in [3.05, 3.63) is 29.3 Å². The third-order valence-corrected chi connectivity index (χ3v) is 8.06. The Morgan fingerprint density at radius 3 is 2.68 bits per heavy atom. The lowest BCUT2D eigenvalue weighted by molar-refractivity contribution is -0.143. The number of carbonyl (C=O) groups is 2. The number of likely N-dealkylation sites (tertiary alicyclic amines) is 1. The molecule has 10 nitrogen and oxygen atoms in total. The van der Waals surface area contributed by atoms with Crippen LogP contribution in [0.5, 0.6) is 5.75 Å². The van der Waals surface area contributed by atoms with Crippen LogP contribution >= 0.6 is 0 Å². The molecule has 0 bridgehead atoms. The third kappa shape index (κ3) is 8.13. The molecule has 37 heavy (non-hydrogen) atoms. The van der Waals surface area contributed by atoms with Crippen LogP contribution in [0.3, 0.4) is 0 Å². The van der Waals surface area contributed by atoms with Crippen molar-refractivity contribution in [3.8, 4) is 5.75 Å². The highest BCUT2D eigenvalue weighted by atomic mass is 32.2. The molecule has 0 saturated carbocycles. The van der Waals surface area contributed by atoms with Crippen molar-refractivity contribution in [2.75, 3.05) is 52.1 Å². The van der Waals surface area contributed by atoms with Gasteiger partial charge in [0, 0.05) is 44.6 Å². The summed E-state index contributed by atoms with van der Waals surface area (Å²) in [6.07, 6.45) is 5.69. The number of carboxylic acids is 1. The van der Waals surface area contributed by atoms with E-state index in [1.807, 2.05) is 28.0 Å². The minimum atomic E-state index is -3.42. The maximum Gasteiger partial charge on any atom is 0.308 e. The van der Waals surface area contributed by atoms with E-state index < -0.39 is 28.0 Å². The highest BCUT2D eigenvalue weighted by Gasteiger charge is 2.47. The van der Waals surface area contributed by atoms with Crippen molar-refractivity contribution in [2.24, 2.45) is 11.7 Å².